The van der Waals surface area contributed by atoms with Gasteiger partial charge in [-0.25, -0.2) is 4.79 Å². The molecule has 0 aromatic carbocycles. The molecule has 0 saturated heterocycles. The van der Waals surface area contributed by atoms with Gasteiger partial charge in [0, 0.05) is 24.7 Å². The maximum Gasteiger partial charge on any atom is 0.356 e. The van der Waals surface area contributed by atoms with Gasteiger partial charge in [-0.1, -0.05) is 35.4 Å². The number of Topliss-reactive ketones (excluding diaryl/α,β-unsaturated/α-hetero) is 1. The topological polar surface area (TPSA) is 66.8 Å². The molecule has 1 saturated carbocycles. The lowest BCUT2D eigenvalue weighted by atomic mass is 9.89. The smallest absolute Gasteiger partial charge is 0.356 e. The van der Waals surface area contributed by atoms with Crippen LogP contribution in [0.15, 0.2) is 34.9 Å². The highest BCUT2D eigenvalue weighted by molar-refractivity contribution is 9.10. The first-order valence-electron chi connectivity index (χ1n) is 8.48. The van der Waals surface area contributed by atoms with Gasteiger partial charge in [-0.15, -0.1) is 0 Å². The summed E-state index contributed by atoms with van der Waals surface area (Å²) in [7, 11) is 0. The number of ether oxygens (including phenoxy) is 1. The van der Waals surface area contributed by atoms with Gasteiger partial charge >= 0.3 is 5.97 Å². The second kappa shape index (κ2) is 7.13. The second-order valence-electron chi connectivity index (χ2n) is 6.56. The molecule has 1 unspecified atom stereocenters. The number of carboxylic acid groups (broad SMARTS) is 1. The summed E-state index contributed by atoms with van der Waals surface area (Å²) in [4.78, 5) is 25.3. The van der Waals surface area contributed by atoms with E-state index in [1.165, 1.54) is 0 Å². The number of hydrogen-bond acceptors (Lipinski definition) is 4. The standard InChI is InChI=1S/C18H22BrNO4/c1-2-3-6-24-17-13-8-14(19)15(21)7-12(13)10-20(9-11-4-5-11)16(17)18(22)23/h8,10-11,14H,2-7,9H2,1H3,(H,22,23). The molecule has 0 spiro atoms. The van der Waals surface area contributed by atoms with E-state index in [2.05, 4.69) is 22.9 Å². The molecule has 1 fully saturated rings. The van der Waals surface area contributed by atoms with Crippen LogP contribution in [0.3, 0.4) is 0 Å². The van der Waals surface area contributed by atoms with Gasteiger partial charge < -0.3 is 14.7 Å². The molecule has 1 N–H and O–H groups in total. The zero-order valence-electron chi connectivity index (χ0n) is 13.8. The van der Waals surface area contributed by atoms with Crippen molar-refractivity contribution < 1.29 is 19.4 Å². The molecule has 5 nitrogen and oxygen atoms in total. The largest absolute Gasteiger partial charge is 0.490 e. The number of hydrogen-bond donors (Lipinski definition) is 1. The van der Waals surface area contributed by atoms with Gasteiger partial charge in [0.25, 0.3) is 0 Å². The van der Waals surface area contributed by atoms with Crippen molar-refractivity contribution in [2.45, 2.75) is 43.9 Å². The number of carbonyl (C=O) groups is 2. The van der Waals surface area contributed by atoms with Crippen LogP contribution in [0.4, 0.5) is 0 Å². The van der Waals surface area contributed by atoms with Crippen LogP contribution in [-0.4, -0.2) is 39.7 Å². The Bertz CT molecular complexity index is 645. The lowest BCUT2D eigenvalue weighted by Gasteiger charge is -2.33. The molecule has 0 radical (unpaired) electrons. The van der Waals surface area contributed by atoms with E-state index >= 15 is 0 Å². The molecule has 1 heterocycles. The summed E-state index contributed by atoms with van der Waals surface area (Å²) in [6.45, 7) is 3.21. The molecule has 130 valence electrons. The van der Waals surface area contributed by atoms with Crippen LogP contribution >= 0.6 is 15.9 Å². The first-order chi connectivity index (χ1) is 11.5. The predicted molar refractivity (Wildman–Crippen MR) is 93.5 cm³/mol. The molecular weight excluding hydrogens is 374 g/mol. The highest BCUT2D eigenvalue weighted by atomic mass is 79.9. The van der Waals surface area contributed by atoms with Crippen molar-refractivity contribution in [2.24, 2.45) is 5.92 Å². The summed E-state index contributed by atoms with van der Waals surface area (Å²) >= 11 is 3.36. The Morgan fingerprint density at radius 1 is 1.46 bits per heavy atom. The minimum Gasteiger partial charge on any atom is -0.490 e. The van der Waals surface area contributed by atoms with E-state index in [0.29, 0.717) is 31.2 Å². The zero-order chi connectivity index (χ0) is 17.3. The van der Waals surface area contributed by atoms with Gasteiger partial charge in [0.1, 0.15) is 0 Å². The third-order valence-corrected chi connectivity index (χ3v) is 5.26. The van der Waals surface area contributed by atoms with Gasteiger partial charge in [0.15, 0.2) is 17.2 Å². The minimum absolute atomic E-state index is 0.0862. The van der Waals surface area contributed by atoms with E-state index in [4.69, 9.17) is 4.74 Å². The molecule has 0 aromatic rings. The van der Waals surface area contributed by atoms with E-state index < -0.39 is 5.97 Å². The highest BCUT2D eigenvalue weighted by Gasteiger charge is 2.37. The van der Waals surface area contributed by atoms with Gasteiger partial charge in [-0.3, -0.25) is 4.79 Å². The van der Waals surface area contributed by atoms with E-state index in [1.807, 2.05) is 6.20 Å². The van der Waals surface area contributed by atoms with Crippen LogP contribution in [0.1, 0.15) is 39.0 Å². The summed E-state index contributed by atoms with van der Waals surface area (Å²) in [5.41, 5.74) is 1.80. The average Bonchev–Trinajstić information content (AvgIpc) is 3.33. The maximum absolute atomic E-state index is 12.0. The lowest BCUT2D eigenvalue weighted by molar-refractivity contribution is -0.134. The van der Waals surface area contributed by atoms with Crippen molar-refractivity contribution in [3.8, 4) is 0 Å². The third kappa shape index (κ3) is 3.58. The van der Waals surface area contributed by atoms with Crippen molar-refractivity contribution in [3.63, 3.8) is 0 Å². The Balaban J connectivity index is 2.00. The fraction of sp³-hybridized carbons (Fsp3) is 0.556. The predicted octanol–water partition coefficient (Wildman–Crippen LogP) is 3.37. The Kier molecular flexibility index (Phi) is 5.13. The average molecular weight is 396 g/mol. The third-order valence-electron chi connectivity index (χ3n) is 4.49. The van der Waals surface area contributed by atoms with Crippen molar-refractivity contribution >= 4 is 27.7 Å². The van der Waals surface area contributed by atoms with Crippen molar-refractivity contribution in [1.82, 2.24) is 4.90 Å². The summed E-state index contributed by atoms with van der Waals surface area (Å²) in [5, 5.41) is 9.76. The van der Waals surface area contributed by atoms with E-state index in [0.717, 1.165) is 36.8 Å². The number of unbranched alkanes of at least 4 members (excludes halogenated alkanes) is 1. The number of aliphatic carboxylic acids is 1. The summed E-state index contributed by atoms with van der Waals surface area (Å²) in [6, 6.07) is 0. The van der Waals surface area contributed by atoms with E-state index in [-0.39, 0.29) is 16.3 Å². The van der Waals surface area contributed by atoms with E-state index in [1.54, 1.807) is 11.0 Å². The van der Waals surface area contributed by atoms with Crippen LogP contribution < -0.4 is 0 Å². The number of ketones is 1. The van der Waals surface area contributed by atoms with Crippen molar-refractivity contribution in [3.05, 3.63) is 34.9 Å². The molecular formula is C18H22BrNO4. The highest BCUT2D eigenvalue weighted by Crippen LogP contribution is 2.40. The van der Waals surface area contributed by atoms with Gasteiger partial charge in [0.2, 0.25) is 0 Å². The van der Waals surface area contributed by atoms with Crippen molar-refractivity contribution in [2.75, 3.05) is 13.2 Å². The maximum atomic E-state index is 12.0. The number of carbonyl (C=O) groups excluding carboxylic acids is 1. The molecule has 3 rings (SSSR count). The number of nitrogens with zero attached hydrogens (tertiary/aromatic N) is 1. The van der Waals surface area contributed by atoms with Crippen LogP contribution in [0.5, 0.6) is 0 Å². The number of halogens is 1. The van der Waals surface area contributed by atoms with Crippen LogP contribution in [0.25, 0.3) is 0 Å². The molecule has 0 aromatic heterocycles. The Hall–Kier alpha value is -1.56. The number of rotatable bonds is 7. The number of fused-ring (bicyclic) bond motifs is 1. The minimum atomic E-state index is -0.985. The van der Waals surface area contributed by atoms with Crippen LogP contribution in [0.2, 0.25) is 0 Å². The van der Waals surface area contributed by atoms with Gasteiger partial charge in [0.05, 0.1) is 11.4 Å². The molecule has 0 amide bonds. The molecule has 1 atom stereocenters. The quantitative estimate of drug-likeness (QED) is 0.528. The summed E-state index contributed by atoms with van der Waals surface area (Å²) in [5.74, 6) is 0.0392. The van der Waals surface area contributed by atoms with E-state index in [9.17, 15) is 14.7 Å². The summed E-state index contributed by atoms with van der Waals surface area (Å²) < 4.78 is 5.90. The number of carboxylic acids is 1. The summed E-state index contributed by atoms with van der Waals surface area (Å²) in [6.07, 6.45) is 8.00. The normalized spacial score (nSPS) is 23.7. The van der Waals surface area contributed by atoms with Crippen molar-refractivity contribution in [1.29, 1.82) is 0 Å². The first-order valence-corrected chi connectivity index (χ1v) is 9.39. The lowest BCUT2D eigenvalue weighted by Crippen LogP contribution is -2.33. The zero-order valence-corrected chi connectivity index (χ0v) is 15.3. The Morgan fingerprint density at radius 2 is 2.21 bits per heavy atom. The molecule has 3 aliphatic rings. The van der Waals surface area contributed by atoms with Crippen LogP contribution in [0, 0.1) is 5.92 Å². The monoisotopic (exact) mass is 395 g/mol. The fourth-order valence-corrected chi connectivity index (χ4v) is 3.41. The molecule has 1 aliphatic heterocycles. The van der Waals surface area contributed by atoms with Crippen LogP contribution in [-0.2, 0) is 14.3 Å². The van der Waals surface area contributed by atoms with Gasteiger partial charge in [-0.2, -0.15) is 0 Å². The Morgan fingerprint density at radius 3 is 2.83 bits per heavy atom. The Labute approximate surface area is 150 Å². The molecule has 2 aliphatic carbocycles. The van der Waals surface area contributed by atoms with Gasteiger partial charge in [-0.05, 0) is 30.8 Å². The first kappa shape index (κ1) is 17.3. The molecule has 6 heteroatoms. The SMILES string of the molecule is CCCCOC1=C(C(=O)O)N(CC2CC2)C=C2CC(=O)C(Br)C=C21. The fourth-order valence-electron chi connectivity index (χ4n) is 2.98. The molecule has 0 bridgehead atoms. The number of allylic oxidation sites excluding steroid dienone is 2. The second-order valence-corrected chi connectivity index (χ2v) is 7.55. The number of alkyl halides is 1. The molecule has 24 heavy (non-hydrogen) atoms.